The lowest BCUT2D eigenvalue weighted by Crippen LogP contribution is -2.32. The number of imidazole rings is 1. The highest BCUT2D eigenvalue weighted by Gasteiger charge is 2.17. The van der Waals surface area contributed by atoms with Gasteiger partial charge in [-0.05, 0) is 55.8 Å². The van der Waals surface area contributed by atoms with Crippen LogP contribution in [0, 0.1) is 11.3 Å². The van der Waals surface area contributed by atoms with Crippen LogP contribution in [-0.2, 0) is 0 Å². The fourth-order valence-corrected chi connectivity index (χ4v) is 3.60. The summed E-state index contributed by atoms with van der Waals surface area (Å²) in [7, 11) is 0. The number of nitriles is 1. The molecule has 0 amide bonds. The minimum absolute atomic E-state index is 0.658. The average Bonchev–Trinajstić information content (AvgIpc) is 3.03. The Kier molecular flexibility index (Phi) is 5.74. The molecule has 0 saturated carbocycles. The number of ether oxygens (including phenoxy) is 1. The van der Waals surface area contributed by atoms with Gasteiger partial charge in [-0.2, -0.15) is 5.26 Å². The Morgan fingerprint density at radius 1 is 1.04 bits per heavy atom. The molecule has 144 valence electrons. The van der Waals surface area contributed by atoms with E-state index in [2.05, 4.69) is 26.9 Å². The van der Waals surface area contributed by atoms with E-state index in [1.807, 2.05) is 30.3 Å². The quantitative estimate of drug-likeness (QED) is 0.669. The van der Waals surface area contributed by atoms with E-state index in [0.717, 1.165) is 68.3 Å². The van der Waals surface area contributed by atoms with Crippen molar-refractivity contribution in [2.75, 3.05) is 44.2 Å². The lowest BCUT2D eigenvalue weighted by Gasteiger charge is -2.21. The van der Waals surface area contributed by atoms with Gasteiger partial charge in [-0.25, -0.2) is 4.98 Å². The SMILES string of the molecule is N#Cc1ccc(OCCCN2CCCN(c3nc4ccccc4[nH]3)CC2)cc1. The number of aromatic nitrogens is 2. The molecule has 6 nitrogen and oxygen atoms in total. The largest absolute Gasteiger partial charge is 0.494 e. The van der Waals surface area contributed by atoms with Gasteiger partial charge in [-0.3, -0.25) is 0 Å². The normalized spacial score (nSPS) is 15.3. The molecule has 0 radical (unpaired) electrons. The molecule has 1 aliphatic heterocycles. The third-order valence-corrected chi connectivity index (χ3v) is 5.14. The van der Waals surface area contributed by atoms with Crippen LogP contribution in [0.4, 0.5) is 5.95 Å². The molecule has 2 heterocycles. The number of aromatic amines is 1. The summed E-state index contributed by atoms with van der Waals surface area (Å²) in [4.78, 5) is 13.0. The van der Waals surface area contributed by atoms with E-state index >= 15 is 0 Å². The first kappa shape index (κ1) is 18.3. The monoisotopic (exact) mass is 375 g/mol. The first-order valence-electron chi connectivity index (χ1n) is 9.87. The number of hydrogen-bond acceptors (Lipinski definition) is 5. The second-order valence-electron chi connectivity index (χ2n) is 7.10. The Morgan fingerprint density at radius 2 is 1.89 bits per heavy atom. The first-order valence-corrected chi connectivity index (χ1v) is 9.87. The number of nitrogens with one attached hydrogen (secondary N) is 1. The Bertz CT molecular complexity index is 910. The molecule has 28 heavy (non-hydrogen) atoms. The minimum atomic E-state index is 0.658. The molecule has 3 aromatic rings. The summed E-state index contributed by atoms with van der Waals surface area (Å²) in [6.45, 7) is 5.87. The zero-order chi connectivity index (χ0) is 19.2. The van der Waals surface area contributed by atoms with Gasteiger partial charge in [-0.15, -0.1) is 0 Å². The smallest absolute Gasteiger partial charge is 0.203 e. The predicted molar refractivity (Wildman–Crippen MR) is 111 cm³/mol. The van der Waals surface area contributed by atoms with E-state index in [0.29, 0.717) is 12.2 Å². The number of anilines is 1. The minimum Gasteiger partial charge on any atom is -0.494 e. The van der Waals surface area contributed by atoms with Crippen molar-refractivity contribution in [2.45, 2.75) is 12.8 Å². The van der Waals surface area contributed by atoms with E-state index in [1.165, 1.54) is 0 Å². The maximum Gasteiger partial charge on any atom is 0.203 e. The fourth-order valence-electron chi connectivity index (χ4n) is 3.60. The summed E-state index contributed by atoms with van der Waals surface area (Å²) < 4.78 is 5.79. The number of nitrogens with zero attached hydrogens (tertiary/aromatic N) is 4. The van der Waals surface area contributed by atoms with Gasteiger partial charge in [0.15, 0.2) is 0 Å². The van der Waals surface area contributed by atoms with Crippen molar-refractivity contribution >= 4 is 17.0 Å². The van der Waals surface area contributed by atoms with Gasteiger partial charge < -0.3 is 19.5 Å². The molecule has 0 bridgehead atoms. The van der Waals surface area contributed by atoms with Crippen molar-refractivity contribution < 1.29 is 4.74 Å². The van der Waals surface area contributed by atoms with Crippen molar-refractivity contribution in [1.29, 1.82) is 5.26 Å². The van der Waals surface area contributed by atoms with E-state index in [1.54, 1.807) is 12.1 Å². The van der Waals surface area contributed by atoms with E-state index in [9.17, 15) is 0 Å². The van der Waals surface area contributed by atoms with Crippen LogP contribution < -0.4 is 9.64 Å². The summed E-state index contributed by atoms with van der Waals surface area (Å²) >= 11 is 0. The summed E-state index contributed by atoms with van der Waals surface area (Å²) in [6.07, 6.45) is 2.12. The van der Waals surface area contributed by atoms with Crippen molar-refractivity contribution in [3.05, 3.63) is 54.1 Å². The molecule has 1 saturated heterocycles. The molecule has 1 N–H and O–H groups in total. The first-order chi connectivity index (χ1) is 13.8. The Hall–Kier alpha value is -3.04. The third-order valence-electron chi connectivity index (χ3n) is 5.14. The number of hydrogen-bond donors (Lipinski definition) is 1. The number of rotatable bonds is 6. The van der Waals surface area contributed by atoms with E-state index in [-0.39, 0.29) is 0 Å². The summed E-state index contributed by atoms with van der Waals surface area (Å²) in [5.41, 5.74) is 2.78. The number of benzene rings is 2. The average molecular weight is 375 g/mol. The van der Waals surface area contributed by atoms with E-state index in [4.69, 9.17) is 15.0 Å². The van der Waals surface area contributed by atoms with Crippen LogP contribution in [0.1, 0.15) is 18.4 Å². The molecule has 1 aliphatic rings. The van der Waals surface area contributed by atoms with Gasteiger partial charge in [0.1, 0.15) is 5.75 Å². The highest BCUT2D eigenvalue weighted by molar-refractivity contribution is 5.77. The molecular weight excluding hydrogens is 350 g/mol. The Morgan fingerprint density at radius 3 is 2.71 bits per heavy atom. The van der Waals surface area contributed by atoms with Crippen molar-refractivity contribution in [3.8, 4) is 11.8 Å². The zero-order valence-electron chi connectivity index (χ0n) is 16.0. The van der Waals surface area contributed by atoms with Crippen LogP contribution in [-0.4, -0.2) is 54.2 Å². The summed E-state index contributed by atoms with van der Waals surface area (Å²) in [5.74, 6) is 1.80. The zero-order valence-corrected chi connectivity index (χ0v) is 16.0. The Labute approximate surface area is 165 Å². The second kappa shape index (κ2) is 8.77. The van der Waals surface area contributed by atoms with Crippen LogP contribution >= 0.6 is 0 Å². The van der Waals surface area contributed by atoms with Gasteiger partial charge >= 0.3 is 0 Å². The molecule has 0 spiro atoms. The van der Waals surface area contributed by atoms with Gasteiger partial charge in [0.05, 0.1) is 29.3 Å². The fraction of sp³-hybridized carbons (Fsp3) is 0.364. The second-order valence-corrected chi connectivity index (χ2v) is 7.10. The molecule has 0 aliphatic carbocycles. The van der Waals surface area contributed by atoms with Crippen LogP contribution in [0.25, 0.3) is 11.0 Å². The van der Waals surface area contributed by atoms with Crippen LogP contribution in [0.2, 0.25) is 0 Å². The van der Waals surface area contributed by atoms with Crippen molar-refractivity contribution in [2.24, 2.45) is 0 Å². The maximum absolute atomic E-state index is 8.83. The maximum atomic E-state index is 8.83. The Balaban J connectivity index is 1.23. The molecule has 6 heteroatoms. The van der Waals surface area contributed by atoms with Crippen LogP contribution in [0.15, 0.2) is 48.5 Å². The van der Waals surface area contributed by atoms with Crippen LogP contribution in [0.5, 0.6) is 5.75 Å². The molecule has 0 unspecified atom stereocenters. The molecular formula is C22H25N5O. The molecule has 4 rings (SSSR count). The molecule has 0 atom stereocenters. The number of para-hydroxylation sites is 2. The molecule has 2 aromatic carbocycles. The van der Waals surface area contributed by atoms with Gasteiger partial charge in [0.25, 0.3) is 0 Å². The van der Waals surface area contributed by atoms with Gasteiger partial charge in [-0.1, -0.05) is 12.1 Å². The highest BCUT2D eigenvalue weighted by atomic mass is 16.5. The third kappa shape index (κ3) is 4.44. The standard InChI is InChI=1S/C22H25N5O/c23-17-18-7-9-19(10-8-18)28-16-4-12-26-11-3-13-27(15-14-26)22-24-20-5-1-2-6-21(20)25-22/h1-2,5-10H,3-4,11-16H2,(H,24,25). The van der Waals surface area contributed by atoms with Crippen molar-refractivity contribution in [3.63, 3.8) is 0 Å². The highest BCUT2D eigenvalue weighted by Crippen LogP contribution is 2.18. The molecule has 1 fully saturated rings. The van der Waals surface area contributed by atoms with E-state index < -0.39 is 0 Å². The number of fused-ring (bicyclic) bond motifs is 1. The number of H-pyrrole nitrogens is 1. The lowest BCUT2D eigenvalue weighted by molar-refractivity contribution is 0.244. The topological polar surface area (TPSA) is 68.2 Å². The van der Waals surface area contributed by atoms with Gasteiger partial charge in [0, 0.05) is 26.2 Å². The summed E-state index contributed by atoms with van der Waals surface area (Å²) in [6, 6.07) is 17.6. The molecule has 1 aromatic heterocycles. The predicted octanol–water partition coefficient (Wildman–Crippen LogP) is 3.42. The van der Waals surface area contributed by atoms with Crippen molar-refractivity contribution in [1.82, 2.24) is 14.9 Å². The lowest BCUT2D eigenvalue weighted by atomic mass is 10.2. The summed E-state index contributed by atoms with van der Waals surface area (Å²) in [5, 5.41) is 8.83. The van der Waals surface area contributed by atoms with Crippen LogP contribution in [0.3, 0.4) is 0 Å². The van der Waals surface area contributed by atoms with Gasteiger partial charge in [0.2, 0.25) is 5.95 Å².